The molecule has 0 spiro atoms. The second kappa shape index (κ2) is 21.6. The number of halogens is 4. The molecule has 6 rings (SSSR count). The van der Waals surface area contributed by atoms with E-state index in [9.17, 15) is 52.4 Å². The normalized spacial score (nSPS) is 15.5. The van der Waals surface area contributed by atoms with E-state index in [-0.39, 0.29) is 63.4 Å². The van der Waals surface area contributed by atoms with Crippen molar-refractivity contribution in [3.05, 3.63) is 82.2 Å². The minimum Gasteiger partial charge on any atom is -0.496 e. The molecule has 27 heteroatoms. The van der Waals surface area contributed by atoms with Gasteiger partial charge in [0.15, 0.2) is 23.3 Å². The summed E-state index contributed by atoms with van der Waals surface area (Å²) in [5.74, 6) is -7.25. The molecule has 2 saturated heterocycles. The van der Waals surface area contributed by atoms with Crippen molar-refractivity contribution in [1.82, 2.24) is 28.5 Å². The van der Waals surface area contributed by atoms with Crippen LogP contribution in [0.1, 0.15) is 64.4 Å². The third kappa shape index (κ3) is 13.5. The largest absolute Gasteiger partial charge is 0.496 e. The number of anilines is 3. The van der Waals surface area contributed by atoms with Crippen molar-refractivity contribution in [3.8, 4) is 11.5 Å². The number of piperidine rings is 2. The number of hydrogen-bond acceptors (Lipinski definition) is 18. The van der Waals surface area contributed by atoms with Crippen LogP contribution in [-0.2, 0) is 29.9 Å². The van der Waals surface area contributed by atoms with Gasteiger partial charge in [-0.05, 0) is 37.8 Å². The Morgan fingerprint density at radius 1 is 0.677 bits per heavy atom. The van der Waals surface area contributed by atoms with Crippen molar-refractivity contribution in [1.29, 1.82) is 0 Å². The molecule has 2 aliphatic rings. The molecular formula is C38H48F4N10O10S3. The summed E-state index contributed by atoms with van der Waals surface area (Å²) in [6.45, 7) is 3.32. The minimum atomic E-state index is -3.70. The maximum absolute atomic E-state index is 13.6. The highest BCUT2D eigenvalue weighted by atomic mass is 32.2. The van der Waals surface area contributed by atoms with E-state index in [1.54, 1.807) is 0 Å². The number of benzene rings is 2. The first kappa shape index (κ1) is 52.0. The Morgan fingerprint density at radius 2 is 1.08 bits per heavy atom. The van der Waals surface area contributed by atoms with E-state index in [0.29, 0.717) is 45.1 Å². The first-order valence-corrected chi connectivity index (χ1v) is 24.7. The Bertz CT molecular complexity index is 2740. The average Bonchev–Trinajstić information content (AvgIpc) is 3.25. The second-order valence-corrected chi connectivity index (χ2v) is 20.7. The Morgan fingerprint density at radius 3 is 1.46 bits per heavy atom. The minimum absolute atomic E-state index is 0.0600. The van der Waals surface area contributed by atoms with Gasteiger partial charge in [-0.2, -0.15) is 4.98 Å². The van der Waals surface area contributed by atoms with Gasteiger partial charge in [0.1, 0.15) is 23.1 Å². The molecule has 0 aliphatic carbocycles. The molecule has 0 saturated carbocycles. The van der Waals surface area contributed by atoms with Gasteiger partial charge in [0.2, 0.25) is 52.6 Å². The topological polar surface area (TPSA) is 303 Å². The maximum atomic E-state index is 13.6. The number of carbonyl (C=O) groups is 2. The smallest absolute Gasteiger partial charge is 0.249 e. The molecule has 0 radical (unpaired) electrons. The Labute approximate surface area is 372 Å². The molecule has 7 N–H and O–H groups in total. The fourth-order valence-corrected chi connectivity index (χ4v) is 8.69. The van der Waals surface area contributed by atoms with E-state index < -0.39 is 75.7 Å². The van der Waals surface area contributed by atoms with Crippen molar-refractivity contribution in [2.45, 2.75) is 49.8 Å². The van der Waals surface area contributed by atoms with E-state index in [1.165, 1.54) is 48.5 Å². The van der Waals surface area contributed by atoms with Gasteiger partial charge in [-0.15, -0.1) is 0 Å². The zero-order valence-electron chi connectivity index (χ0n) is 35.7. The molecule has 2 fully saturated rings. The van der Waals surface area contributed by atoms with E-state index in [1.807, 2.05) is 0 Å². The number of hydrogen-bond donors (Lipinski definition) is 4. The van der Waals surface area contributed by atoms with Crippen molar-refractivity contribution in [2.24, 2.45) is 5.73 Å². The molecule has 356 valence electrons. The van der Waals surface area contributed by atoms with Gasteiger partial charge in [-0.25, -0.2) is 66.4 Å². The van der Waals surface area contributed by atoms with Crippen LogP contribution < -0.4 is 32.0 Å². The van der Waals surface area contributed by atoms with Crippen LogP contribution in [0.5, 0.6) is 11.5 Å². The number of ketones is 2. The number of rotatable bonds is 12. The van der Waals surface area contributed by atoms with Crippen LogP contribution in [-0.4, -0.2) is 136 Å². The molecule has 4 aromatic rings. The highest BCUT2D eigenvalue weighted by Gasteiger charge is 2.28. The zero-order chi connectivity index (χ0) is 48.6. The van der Waals surface area contributed by atoms with E-state index in [2.05, 4.69) is 25.3 Å². The number of nitrogen functional groups attached to an aromatic ring is 2. The molecule has 2 aromatic heterocycles. The fourth-order valence-electron chi connectivity index (χ4n) is 6.23. The summed E-state index contributed by atoms with van der Waals surface area (Å²) in [6, 6.07) is 3.02. The van der Waals surface area contributed by atoms with Crippen molar-refractivity contribution < 1.29 is 61.9 Å². The summed E-state index contributed by atoms with van der Waals surface area (Å²) in [7, 11) is -7.49. The van der Waals surface area contributed by atoms with Crippen LogP contribution in [0.2, 0.25) is 0 Å². The summed E-state index contributed by atoms with van der Waals surface area (Å²) < 4.78 is 135. The predicted octanol–water partition coefficient (Wildman–Crippen LogP) is 2.15. The number of carbonyl (C=O) groups excluding carboxylic acids is 2. The third-order valence-corrected chi connectivity index (χ3v) is 14.1. The van der Waals surface area contributed by atoms with Crippen molar-refractivity contribution in [3.63, 3.8) is 0 Å². The van der Waals surface area contributed by atoms with Gasteiger partial charge >= 0.3 is 0 Å². The standard InChI is InChI=1S/C18H21F2N5O4S.C14H13F2N3O4S.C6H14N2O2S/c1-29-15-8-14(20)13(19)7-11(15)16(26)12-9-22-18(24-17(12)21)23-10-3-5-25(6-4-10)30(2,27)28;1-3-24(21,22)14-18-6-8(13(17)19-14)12(20)7-4-9(15)10(16)5-11(7)23-2;1-11(9,10)8-4-2-6(7)3-5-8/h7-10H,3-6H2,1-2H3,(H3,21,22,23,24);4-6H,3H2,1-2H3,(H2,17,18,19);6H,2-5,7H2,1H3. The Kier molecular flexibility index (Phi) is 17.3. The number of sulfonamides is 2. The highest BCUT2D eigenvalue weighted by Crippen LogP contribution is 2.28. The summed E-state index contributed by atoms with van der Waals surface area (Å²) in [4.78, 5) is 40.6. The lowest BCUT2D eigenvalue weighted by molar-refractivity contribution is 0.102. The summed E-state index contributed by atoms with van der Waals surface area (Å²) >= 11 is 0. The number of aromatic nitrogens is 4. The number of nitrogens with one attached hydrogen (secondary N) is 1. The van der Waals surface area contributed by atoms with Crippen LogP contribution in [0.4, 0.5) is 35.1 Å². The van der Waals surface area contributed by atoms with Crippen LogP contribution in [0.15, 0.2) is 41.8 Å². The average molecular weight is 977 g/mol. The number of ether oxygens (including phenoxy) is 2. The Hall–Kier alpha value is -5.61. The maximum Gasteiger partial charge on any atom is 0.249 e. The van der Waals surface area contributed by atoms with Crippen molar-refractivity contribution >= 4 is 59.0 Å². The third-order valence-electron chi connectivity index (χ3n) is 9.96. The van der Waals surface area contributed by atoms with Crippen molar-refractivity contribution in [2.75, 3.05) is 75.4 Å². The number of nitrogens with two attached hydrogens (primary N) is 3. The zero-order valence-corrected chi connectivity index (χ0v) is 38.2. The van der Waals surface area contributed by atoms with E-state index in [0.717, 1.165) is 37.2 Å². The first-order chi connectivity index (χ1) is 30.3. The number of nitrogens with zero attached hydrogens (tertiary/aromatic N) is 6. The predicted molar refractivity (Wildman–Crippen MR) is 230 cm³/mol. The molecular weight excluding hydrogens is 929 g/mol. The molecule has 2 aromatic carbocycles. The quantitative estimate of drug-likeness (QED) is 0.0898. The van der Waals surface area contributed by atoms with Gasteiger partial charge in [-0.1, -0.05) is 6.92 Å². The van der Waals surface area contributed by atoms with Gasteiger partial charge in [0.25, 0.3) is 0 Å². The molecule has 0 unspecified atom stereocenters. The monoisotopic (exact) mass is 976 g/mol. The molecule has 0 atom stereocenters. The summed E-state index contributed by atoms with van der Waals surface area (Å²) in [5.41, 5.74) is 16.3. The van der Waals surface area contributed by atoms with Gasteiger partial charge in [0, 0.05) is 62.8 Å². The lowest BCUT2D eigenvalue weighted by atomic mass is 10.0. The molecule has 0 amide bonds. The fraction of sp³-hybridized carbons (Fsp3) is 0.421. The Balaban J connectivity index is 0.000000235. The van der Waals surface area contributed by atoms with Crippen LogP contribution >= 0.6 is 0 Å². The lowest BCUT2D eigenvalue weighted by Crippen LogP contribution is -2.42. The highest BCUT2D eigenvalue weighted by molar-refractivity contribution is 7.91. The first-order valence-electron chi connectivity index (χ1n) is 19.4. The molecule has 20 nitrogen and oxygen atoms in total. The molecule has 2 aliphatic heterocycles. The molecule has 0 bridgehead atoms. The van der Waals surface area contributed by atoms with Crippen LogP contribution in [0.25, 0.3) is 0 Å². The second-order valence-electron chi connectivity index (χ2n) is 14.5. The van der Waals surface area contributed by atoms with E-state index >= 15 is 0 Å². The SMILES string of the molecule is CCS(=O)(=O)c1ncc(C(=O)c2cc(F)c(F)cc2OC)c(N)n1.COc1cc(F)c(F)cc1C(=O)c1cnc(NC2CCN(S(C)(=O)=O)CC2)nc1N.CS(=O)(=O)N1CCC(N)CC1. The molecule has 4 heterocycles. The van der Waals surface area contributed by atoms with Gasteiger partial charge < -0.3 is 32.0 Å². The molecule has 65 heavy (non-hydrogen) atoms. The van der Waals surface area contributed by atoms with Crippen LogP contribution in [0.3, 0.4) is 0 Å². The number of methoxy groups -OCH3 is 2. The number of sulfone groups is 1. The summed E-state index contributed by atoms with van der Waals surface area (Å²) in [5, 5.41) is 2.55. The van der Waals surface area contributed by atoms with Gasteiger partial charge in [-0.3, -0.25) is 9.59 Å². The lowest BCUT2D eigenvalue weighted by Gasteiger charge is -2.30. The van der Waals surface area contributed by atoms with Crippen LogP contribution in [0, 0.1) is 23.3 Å². The van der Waals surface area contributed by atoms with Gasteiger partial charge in [0.05, 0.1) is 54.7 Å². The van der Waals surface area contributed by atoms with E-state index in [4.69, 9.17) is 26.7 Å². The summed E-state index contributed by atoms with van der Waals surface area (Å²) in [6.07, 6.45) is 7.21.